The van der Waals surface area contributed by atoms with Crippen LogP contribution in [0, 0.1) is 6.92 Å². The summed E-state index contributed by atoms with van der Waals surface area (Å²) in [6, 6.07) is 19.6. The molecule has 134 valence electrons. The SMILES string of the molecule is Cc1cc(Br)ccc1NCc1ccc(OCc2ccc(Cl)cc2)c(Cl)c1. The molecule has 0 radical (unpaired) electrons. The summed E-state index contributed by atoms with van der Waals surface area (Å²) in [6.45, 7) is 3.22. The highest BCUT2D eigenvalue weighted by atomic mass is 79.9. The van der Waals surface area contributed by atoms with Crippen LogP contribution in [0.15, 0.2) is 65.1 Å². The number of benzene rings is 3. The highest BCUT2D eigenvalue weighted by Crippen LogP contribution is 2.27. The zero-order valence-electron chi connectivity index (χ0n) is 14.2. The van der Waals surface area contributed by atoms with E-state index in [2.05, 4.69) is 40.3 Å². The first kappa shape index (κ1) is 19.1. The van der Waals surface area contributed by atoms with Gasteiger partial charge in [-0.15, -0.1) is 0 Å². The van der Waals surface area contributed by atoms with Crippen molar-refractivity contribution in [1.82, 2.24) is 0 Å². The predicted molar refractivity (Wildman–Crippen MR) is 113 cm³/mol. The molecule has 0 spiro atoms. The molecule has 3 aromatic rings. The molecule has 0 aliphatic carbocycles. The van der Waals surface area contributed by atoms with Crippen molar-refractivity contribution in [1.29, 1.82) is 0 Å². The molecule has 0 saturated heterocycles. The normalized spacial score (nSPS) is 10.6. The quantitative estimate of drug-likeness (QED) is 0.426. The lowest BCUT2D eigenvalue weighted by Crippen LogP contribution is -2.02. The van der Waals surface area contributed by atoms with E-state index < -0.39 is 0 Å². The maximum Gasteiger partial charge on any atom is 0.138 e. The Bertz CT molecular complexity index is 897. The molecule has 3 aromatic carbocycles. The largest absolute Gasteiger partial charge is 0.487 e. The number of aryl methyl sites for hydroxylation is 1. The fourth-order valence-electron chi connectivity index (χ4n) is 2.54. The van der Waals surface area contributed by atoms with Crippen LogP contribution >= 0.6 is 39.1 Å². The van der Waals surface area contributed by atoms with Crippen molar-refractivity contribution in [3.8, 4) is 5.75 Å². The number of rotatable bonds is 6. The van der Waals surface area contributed by atoms with E-state index in [1.54, 1.807) is 0 Å². The molecule has 2 nitrogen and oxygen atoms in total. The van der Waals surface area contributed by atoms with Crippen molar-refractivity contribution >= 4 is 44.8 Å². The molecule has 0 aromatic heterocycles. The number of halogens is 3. The Morgan fingerprint density at radius 1 is 0.923 bits per heavy atom. The Labute approximate surface area is 172 Å². The van der Waals surface area contributed by atoms with Gasteiger partial charge in [0.2, 0.25) is 0 Å². The van der Waals surface area contributed by atoms with Crippen molar-refractivity contribution in [2.75, 3.05) is 5.32 Å². The van der Waals surface area contributed by atoms with Crippen LogP contribution in [-0.4, -0.2) is 0 Å². The lowest BCUT2D eigenvalue weighted by Gasteiger charge is -2.12. The third-order valence-electron chi connectivity index (χ3n) is 3.98. The second-order valence-corrected chi connectivity index (χ2v) is 7.75. The van der Waals surface area contributed by atoms with Crippen molar-refractivity contribution in [2.24, 2.45) is 0 Å². The summed E-state index contributed by atoms with van der Waals surface area (Å²) in [5.74, 6) is 0.671. The Hall–Kier alpha value is -1.68. The molecule has 0 aliphatic heterocycles. The second-order valence-electron chi connectivity index (χ2n) is 5.99. The van der Waals surface area contributed by atoms with Crippen LogP contribution < -0.4 is 10.1 Å². The van der Waals surface area contributed by atoms with Crippen LogP contribution in [0.2, 0.25) is 10.0 Å². The molecule has 0 heterocycles. The van der Waals surface area contributed by atoms with Crippen LogP contribution in [0.3, 0.4) is 0 Å². The molecule has 5 heteroatoms. The Balaban J connectivity index is 1.60. The van der Waals surface area contributed by atoms with Gasteiger partial charge in [0.05, 0.1) is 5.02 Å². The van der Waals surface area contributed by atoms with Crippen LogP contribution in [0.1, 0.15) is 16.7 Å². The molecule has 3 rings (SSSR count). The van der Waals surface area contributed by atoms with Crippen LogP contribution in [0.25, 0.3) is 0 Å². The van der Waals surface area contributed by atoms with Gasteiger partial charge in [-0.05, 0) is 66.1 Å². The van der Waals surface area contributed by atoms with Gasteiger partial charge in [0.25, 0.3) is 0 Å². The number of anilines is 1. The van der Waals surface area contributed by atoms with Crippen LogP contribution in [0.5, 0.6) is 5.75 Å². The van der Waals surface area contributed by atoms with Gasteiger partial charge in [-0.25, -0.2) is 0 Å². The van der Waals surface area contributed by atoms with Gasteiger partial charge in [0, 0.05) is 21.7 Å². The molecule has 0 unspecified atom stereocenters. The lowest BCUT2D eigenvalue weighted by molar-refractivity contribution is 0.306. The topological polar surface area (TPSA) is 21.3 Å². The first-order valence-electron chi connectivity index (χ1n) is 8.17. The summed E-state index contributed by atoms with van der Waals surface area (Å²) < 4.78 is 6.89. The average molecular weight is 451 g/mol. The van der Waals surface area contributed by atoms with E-state index in [1.807, 2.05) is 48.5 Å². The summed E-state index contributed by atoms with van der Waals surface area (Å²) in [5.41, 5.74) is 4.43. The third kappa shape index (κ3) is 5.16. The standard InChI is InChI=1S/C21H18BrCl2NO/c1-14-10-17(22)5-8-20(14)25-12-16-4-9-21(19(24)11-16)26-13-15-2-6-18(23)7-3-15/h2-11,25H,12-13H2,1H3. The first-order chi connectivity index (χ1) is 12.5. The van der Waals surface area contributed by atoms with Gasteiger partial charge < -0.3 is 10.1 Å². The van der Waals surface area contributed by atoms with Crippen molar-refractivity contribution in [2.45, 2.75) is 20.1 Å². The average Bonchev–Trinajstić information content (AvgIpc) is 2.61. The predicted octanol–water partition coefficient (Wildman–Crippen LogP) is 7.26. The van der Waals surface area contributed by atoms with Crippen LogP contribution in [-0.2, 0) is 13.2 Å². The molecule has 0 atom stereocenters. The van der Waals surface area contributed by atoms with Crippen molar-refractivity contribution in [3.63, 3.8) is 0 Å². The molecule has 0 aliphatic rings. The molecule has 1 N–H and O–H groups in total. The fraction of sp³-hybridized carbons (Fsp3) is 0.143. The van der Waals surface area contributed by atoms with E-state index in [0.717, 1.165) is 21.3 Å². The van der Waals surface area contributed by atoms with E-state index in [9.17, 15) is 0 Å². The zero-order chi connectivity index (χ0) is 18.5. The Kier molecular flexibility index (Phi) is 6.47. The minimum absolute atomic E-state index is 0.451. The lowest BCUT2D eigenvalue weighted by atomic mass is 10.1. The van der Waals surface area contributed by atoms with Gasteiger partial charge in [0.15, 0.2) is 0 Å². The first-order valence-corrected chi connectivity index (χ1v) is 9.72. The summed E-state index contributed by atoms with van der Waals surface area (Å²) in [5, 5.41) is 4.75. The van der Waals surface area contributed by atoms with E-state index in [4.69, 9.17) is 27.9 Å². The van der Waals surface area contributed by atoms with Gasteiger partial charge in [0.1, 0.15) is 12.4 Å². The van der Waals surface area contributed by atoms with E-state index in [-0.39, 0.29) is 0 Å². The minimum Gasteiger partial charge on any atom is -0.487 e. The van der Waals surface area contributed by atoms with E-state index in [0.29, 0.717) is 28.9 Å². The maximum absolute atomic E-state index is 6.37. The van der Waals surface area contributed by atoms with Crippen molar-refractivity contribution < 1.29 is 4.74 Å². The number of ether oxygens (including phenoxy) is 1. The minimum atomic E-state index is 0.451. The zero-order valence-corrected chi connectivity index (χ0v) is 17.3. The molecule has 0 saturated carbocycles. The molecule has 26 heavy (non-hydrogen) atoms. The maximum atomic E-state index is 6.37. The third-order valence-corrected chi connectivity index (χ3v) is 5.02. The van der Waals surface area contributed by atoms with E-state index in [1.165, 1.54) is 5.56 Å². The number of nitrogens with one attached hydrogen (secondary N) is 1. The molecule has 0 amide bonds. The summed E-state index contributed by atoms with van der Waals surface area (Å²) >= 11 is 15.7. The van der Waals surface area contributed by atoms with Gasteiger partial charge in [-0.1, -0.05) is 57.3 Å². The van der Waals surface area contributed by atoms with Crippen molar-refractivity contribution in [3.05, 3.63) is 91.9 Å². The monoisotopic (exact) mass is 449 g/mol. The summed E-state index contributed by atoms with van der Waals surface area (Å²) in [6.07, 6.45) is 0. The number of hydrogen-bond acceptors (Lipinski definition) is 2. The molecular weight excluding hydrogens is 433 g/mol. The Morgan fingerprint density at radius 2 is 1.65 bits per heavy atom. The van der Waals surface area contributed by atoms with Gasteiger partial charge >= 0.3 is 0 Å². The second kappa shape index (κ2) is 8.81. The molecular formula is C21H18BrCl2NO. The smallest absolute Gasteiger partial charge is 0.138 e. The summed E-state index contributed by atoms with van der Waals surface area (Å²) in [7, 11) is 0. The summed E-state index contributed by atoms with van der Waals surface area (Å²) in [4.78, 5) is 0. The van der Waals surface area contributed by atoms with Gasteiger partial charge in [-0.3, -0.25) is 0 Å². The molecule has 0 fully saturated rings. The highest BCUT2D eigenvalue weighted by molar-refractivity contribution is 9.10. The fourth-order valence-corrected chi connectivity index (χ4v) is 3.40. The van der Waals surface area contributed by atoms with Gasteiger partial charge in [-0.2, -0.15) is 0 Å². The molecule has 0 bridgehead atoms. The Morgan fingerprint density at radius 3 is 2.35 bits per heavy atom. The highest BCUT2D eigenvalue weighted by Gasteiger charge is 2.05. The van der Waals surface area contributed by atoms with E-state index >= 15 is 0 Å². The number of hydrogen-bond donors (Lipinski definition) is 1. The van der Waals surface area contributed by atoms with Crippen LogP contribution in [0.4, 0.5) is 5.69 Å².